The summed E-state index contributed by atoms with van der Waals surface area (Å²) in [4.78, 5) is 20.7. The summed E-state index contributed by atoms with van der Waals surface area (Å²) >= 11 is 0.997. The van der Waals surface area contributed by atoms with Crippen molar-refractivity contribution in [1.82, 2.24) is 0 Å². The lowest BCUT2D eigenvalue weighted by Gasteiger charge is -2.04. The molecule has 1 aromatic carbocycles. The second-order valence-corrected chi connectivity index (χ2v) is 4.73. The largest absolute Gasteiger partial charge is 0.488 e. The van der Waals surface area contributed by atoms with E-state index in [9.17, 15) is 19.3 Å². The Morgan fingerprint density at radius 1 is 1.40 bits per heavy atom. The molecule has 0 atom stereocenters. The molecule has 0 amide bonds. The number of halogens is 1. The molecule has 0 saturated heterocycles. The number of benzene rings is 1. The van der Waals surface area contributed by atoms with Gasteiger partial charge in [0.25, 0.3) is 5.69 Å². The molecule has 1 N–H and O–H groups in total. The van der Waals surface area contributed by atoms with Crippen LogP contribution in [0, 0.1) is 15.9 Å². The summed E-state index contributed by atoms with van der Waals surface area (Å²) < 4.78 is 18.5. The Morgan fingerprint density at radius 3 is 2.75 bits per heavy atom. The molecule has 0 fully saturated rings. The quantitative estimate of drug-likeness (QED) is 0.676. The molecule has 0 aliphatic heterocycles. The fraction of sp³-hybridized carbons (Fsp3) is 0.0833. The number of non-ortho nitro benzene ring substituents is 1. The first kappa shape index (κ1) is 13.9. The molecule has 0 spiro atoms. The third kappa shape index (κ3) is 3.29. The zero-order valence-electron chi connectivity index (χ0n) is 9.91. The van der Waals surface area contributed by atoms with E-state index in [-0.39, 0.29) is 17.2 Å². The molecule has 104 valence electrons. The van der Waals surface area contributed by atoms with E-state index >= 15 is 0 Å². The lowest BCUT2D eigenvalue weighted by molar-refractivity contribution is -0.385. The Morgan fingerprint density at radius 2 is 2.15 bits per heavy atom. The van der Waals surface area contributed by atoms with Gasteiger partial charge < -0.3 is 9.84 Å². The number of rotatable bonds is 5. The van der Waals surface area contributed by atoms with Crippen molar-refractivity contribution < 1.29 is 24.0 Å². The van der Waals surface area contributed by atoms with Gasteiger partial charge in [0.2, 0.25) is 0 Å². The first-order chi connectivity index (χ1) is 9.45. The number of nitro groups is 1. The zero-order valence-corrected chi connectivity index (χ0v) is 10.7. The van der Waals surface area contributed by atoms with E-state index in [4.69, 9.17) is 9.84 Å². The van der Waals surface area contributed by atoms with E-state index in [1.807, 2.05) is 0 Å². The number of carbonyl (C=O) groups is 1. The smallest absolute Gasteiger partial charge is 0.346 e. The van der Waals surface area contributed by atoms with Gasteiger partial charge in [-0.15, -0.1) is 11.3 Å². The van der Waals surface area contributed by atoms with Crippen LogP contribution in [-0.2, 0) is 6.61 Å². The van der Waals surface area contributed by atoms with E-state index < -0.39 is 16.7 Å². The minimum atomic E-state index is -1.06. The molecule has 6 nitrogen and oxygen atoms in total. The molecule has 0 saturated carbocycles. The average molecular weight is 297 g/mol. The van der Waals surface area contributed by atoms with Crippen molar-refractivity contribution in [2.75, 3.05) is 0 Å². The predicted molar refractivity (Wildman–Crippen MR) is 68.7 cm³/mol. The van der Waals surface area contributed by atoms with Crippen molar-refractivity contribution in [3.8, 4) is 5.75 Å². The highest BCUT2D eigenvalue weighted by molar-refractivity contribution is 7.12. The zero-order chi connectivity index (χ0) is 14.7. The molecule has 20 heavy (non-hydrogen) atoms. The molecule has 0 unspecified atom stereocenters. The van der Waals surface area contributed by atoms with Crippen molar-refractivity contribution in [1.29, 1.82) is 0 Å². The highest BCUT2D eigenvalue weighted by Crippen LogP contribution is 2.23. The lowest BCUT2D eigenvalue weighted by Crippen LogP contribution is -1.98. The number of carboxylic acid groups (broad SMARTS) is 1. The van der Waals surface area contributed by atoms with E-state index in [0.29, 0.717) is 11.3 Å². The first-order valence-electron chi connectivity index (χ1n) is 5.34. The minimum Gasteiger partial charge on any atom is -0.488 e. The molecule has 0 aliphatic carbocycles. The maximum Gasteiger partial charge on any atom is 0.346 e. The third-order valence-corrected chi connectivity index (χ3v) is 3.24. The van der Waals surface area contributed by atoms with E-state index in [1.54, 1.807) is 0 Å². The molecule has 2 aromatic rings. The van der Waals surface area contributed by atoms with Gasteiger partial charge in [0.1, 0.15) is 23.1 Å². The Bertz CT molecular complexity index is 670. The standard InChI is InChI=1S/C12H8FNO5S/c13-8-1-7(2-9(3-8)14(17)18)5-19-10-4-11(12(15)16)20-6-10/h1-4,6H,5H2,(H,15,16). The van der Waals surface area contributed by atoms with Crippen molar-refractivity contribution >= 4 is 23.0 Å². The topological polar surface area (TPSA) is 89.7 Å². The van der Waals surface area contributed by atoms with Crippen LogP contribution in [-0.4, -0.2) is 16.0 Å². The van der Waals surface area contributed by atoms with Crippen molar-refractivity contribution in [3.63, 3.8) is 0 Å². The predicted octanol–water partition coefficient (Wildman–Crippen LogP) is 3.07. The maximum atomic E-state index is 13.2. The molecular formula is C12H8FNO5S. The minimum absolute atomic E-state index is 0.0889. The van der Waals surface area contributed by atoms with Gasteiger partial charge in [-0.05, 0) is 11.6 Å². The van der Waals surface area contributed by atoms with Crippen LogP contribution in [0.25, 0.3) is 0 Å². The number of ether oxygens (including phenoxy) is 1. The fourth-order valence-corrected chi connectivity index (χ4v) is 2.16. The molecule has 2 rings (SSSR count). The van der Waals surface area contributed by atoms with Crippen LogP contribution in [0.15, 0.2) is 29.6 Å². The van der Waals surface area contributed by atoms with Gasteiger partial charge in [0, 0.05) is 17.5 Å². The summed E-state index contributed by atoms with van der Waals surface area (Å²) in [5.41, 5.74) is -0.0695. The van der Waals surface area contributed by atoms with E-state index in [0.717, 1.165) is 23.5 Å². The number of aromatic carboxylic acids is 1. The van der Waals surface area contributed by atoms with Crippen molar-refractivity contribution in [2.24, 2.45) is 0 Å². The SMILES string of the molecule is O=C(O)c1cc(OCc2cc(F)cc([N+](=O)[O-])c2)cs1. The van der Waals surface area contributed by atoms with Gasteiger partial charge in [-0.25, -0.2) is 9.18 Å². The molecular weight excluding hydrogens is 289 g/mol. The normalized spacial score (nSPS) is 10.2. The highest BCUT2D eigenvalue weighted by atomic mass is 32.1. The van der Waals surface area contributed by atoms with Gasteiger partial charge >= 0.3 is 5.97 Å². The summed E-state index contributed by atoms with van der Waals surface area (Å²) in [7, 11) is 0. The van der Waals surface area contributed by atoms with Crippen LogP contribution in [0.4, 0.5) is 10.1 Å². The first-order valence-corrected chi connectivity index (χ1v) is 6.22. The number of hydrogen-bond acceptors (Lipinski definition) is 5. The van der Waals surface area contributed by atoms with E-state index in [1.165, 1.54) is 17.5 Å². The summed E-state index contributed by atoms with van der Waals surface area (Å²) in [6, 6.07) is 4.47. The molecule has 0 bridgehead atoms. The highest BCUT2D eigenvalue weighted by Gasteiger charge is 2.11. The second-order valence-electron chi connectivity index (χ2n) is 3.82. The van der Waals surface area contributed by atoms with Crippen LogP contribution in [0.5, 0.6) is 5.75 Å². The van der Waals surface area contributed by atoms with Crippen LogP contribution in [0.3, 0.4) is 0 Å². The van der Waals surface area contributed by atoms with Crippen molar-refractivity contribution in [2.45, 2.75) is 6.61 Å². The number of hydrogen-bond donors (Lipinski definition) is 1. The lowest BCUT2D eigenvalue weighted by atomic mass is 10.2. The molecule has 1 aromatic heterocycles. The van der Waals surface area contributed by atoms with Crippen LogP contribution in [0.2, 0.25) is 0 Å². The molecule has 0 radical (unpaired) electrons. The van der Waals surface area contributed by atoms with Crippen molar-refractivity contribution in [3.05, 3.63) is 56.0 Å². The second kappa shape index (κ2) is 5.66. The summed E-state index contributed by atoms with van der Waals surface area (Å²) in [6.45, 7) is -0.0889. The Kier molecular flexibility index (Phi) is 3.94. The van der Waals surface area contributed by atoms with Crippen LogP contribution >= 0.6 is 11.3 Å². The average Bonchev–Trinajstić information content (AvgIpc) is 2.84. The molecule has 0 aliphatic rings. The number of nitrogens with zero attached hydrogens (tertiary/aromatic N) is 1. The summed E-state index contributed by atoms with van der Waals surface area (Å²) in [5.74, 6) is -1.47. The van der Waals surface area contributed by atoms with Crippen LogP contribution < -0.4 is 4.74 Å². The maximum absolute atomic E-state index is 13.2. The molecule has 8 heteroatoms. The van der Waals surface area contributed by atoms with Gasteiger partial charge in [-0.1, -0.05) is 0 Å². The summed E-state index contributed by atoms with van der Waals surface area (Å²) in [5, 5.41) is 20.8. The Labute approximate surface area is 116 Å². The Balaban J connectivity index is 2.10. The monoisotopic (exact) mass is 297 g/mol. The Hall–Kier alpha value is -2.48. The fourth-order valence-electron chi connectivity index (χ4n) is 1.50. The van der Waals surface area contributed by atoms with Crippen LogP contribution in [0.1, 0.15) is 15.2 Å². The number of nitro benzene ring substituents is 1. The van der Waals surface area contributed by atoms with Gasteiger partial charge in [-0.3, -0.25) is 10.1 Å². The summed E-state index contributed by atoms with van der Waals surface area (Å²) in [6.07, 6.45) is 0. The van der Waals surface area contributed by atoms with Gasteiger partial charge in [-0.2, -0.15) is 0 Å². The third-order valence-electron chi connectivity index (χ3n) is 2.34. The van der Waals surface area contributed by atoms with Gasteiger partial charge in [0.15, 0.2) is 0 Å². The number of carboxylic acids is 1. The van der Waals surface area contributed by atoms with Gasteiger partial charge in [0.05, 0.1) is 11.0 Å². The molecule has 1 heterocycles. The van der Waals surface area contributed by atoms with E-state index in [2.05, 4.69) is 0 Å². The number of thiophene rings is 1.